The van der Waals surface area contributed by atoms with Crippen molar-refractivity contribution in [3.63, 3.8) is 0 Å². The van der Waals surface area contributed by atoms with Crippen LogP contribution in [0.3, 0.4) is 0 Å². The lowest BCUT2D eigenvalue weighted by atomic mass is 10.1. The molecular weight excluding hydrogens is 174 g/mol. The molecule has 0 atom stereocenters. The quantitative estimate of drug-likeness (QED) is 0.737. The van der Waals surface area contributed by atoms with E-state index in [4.69, 9.17) is 4.74 Å². The largest absolute Gasteiger partial charge is 0.375 e. The molecule has 14 heavy (non-hydrogen) atoms. The molecule has 0 aliphatic carbocycles. The lowest BCUT2D eigenvalue weighted by Crippen LogP contribution is -1.95. The van der Waals surface area contributed by atoms with Crippen molar-refractivity contribution in [2.45, 2.75) is 13.5 Å². The summed E-state index contributed by atoms with van der Waals surface area (Å²) in [4.78, 5) is 4.32. The molecule has 0 N–H and O–H groups in total. The average Bonchev–Trinajstić information content (AvgIpc) is 2.26. The first-order chi connectivity index (χ1) is 6.92. The number of hydrogen-bond donors (Lipinski definition) is 0. The summed E-state index contributed by atoms with van der Waals surface area (Å²) in [7, 11) is 0. The predicted molar refractivity (Wildman–Crippen MR) is 57.1 cm³/mol. The van der Waals surface area contributed by atoms with Gasteiger partial charge in [-0.15, -0.1) is 0 Å². The van der Waals surface area contributed by atoms with Crippen molar-refractivity contribution in [3.8, 4) is 0 Å². The lowest BCUT2D eigenvalue weighted by Gasteiger charge is -2.04. The van der Waals surface area contributed by atoms with Crippen molar-refractivity contribution in [1.82, 2.24) is 4.98 Å². The molecule has 2 nitrogen and oxygen atoms in total. The number of hydrogen-bond acceptors (Lipinski definition) is 2. The van der Waals surface area contributed by atoms with Crippen LogP contribution in [0.4, 0.5) is 0 Å². The first-order valence-electron chi connectivity index (χ1n) is 4.82. The number of ether oxygens (including phenoxy) is 1. The van der Waals surface area contributed by atoms with E-state index < -0.39 is 0 Å². The van der Waals surface area contributed by atoms with E-state index in [1.54, 1.807) is 0 Å². The maximum absolute atomic E-state index is 5.37. The molecule has 1 heterocycles. The maximum Gasteiger partial charge on any atom is 0.0894 e. The Morgan fingerprint density at radius 1 is 1.21 bits per heavy atom. The molecule has 0 aliphatic rings. The summed E-state index contributed by atoms with van der Waals surface area (Å²) < 4.78 is 5.37. The number of nitrogens with zero attached hydrogens (tertiary/aromatic N) is 1. The SMILES string of the molecule is CCOCc1nccc2ccccc12. The number of pyridine rings is 1. The van der Waals surface area contributed by atoms with Gasteiger partial charge >= 0.3 is 0 Å². The molecule has 0 saturated carbocycles. The minimum atomic E-state index is 0.595. The molecule has 0 saturated heterocycles. The van der Waals surface area contributed by atoms with Crippen LogP contribution < -0.4 is 0 Å². The highest BCUT2D eigenvalue weighted by atomic mass is 16.5. The van der Waals surface area contributed by atoms with Gasteiger partial charge in [-0.25, -0.2) is 0 Å². The van der Waals surface area contributed by atoms with Crippen molar-refractivity contribution in [3.05, 3.63) is 42.2 Å². The highest BCUT2D eigenvalue weighted by Crippen LogP contribution is 2.16. The molecule has 0 aliphatic heterocycles. The van der Waals surface area contributed by atoms with Gasteiger partial charge in [0, 0.05) is 18.2 Å². The fourth-order valence-electron chi connectivity index (χ4n) is 1.50. The third-order valence-electron chi connectivity index (χ3n) is 2.20. The van der Waals surface area contributed by atoms with Gasteiger partial charge in [-0.05, 0) is 18.4 Å². The van der Waals surface area contributed by atoms with Crippen LogP contribution in [0.1, 0.15) is 12.6 Å². The Labute approximate surface area is 83.5 Å². The summed E-state index contributed by atoms with van der Waals surface area (Å²) in [5.41, 5.74) is 1.02. The van der Waals surface area contributed by atoms with E-state index in [0.717, 1.165) is 12.3 Å². The van der Waals surface area contributed by atoms with Gasteiger partial charge in [-0.3, -0.25) is 4.98 Å². The maximum atomic E-state index is 5.37. The molecule has 0 spiro atoms. The number of fused-ring (bicyclic) bond motifs is 1. The Morgan fingerprint density at radius 3 is 2.93 bits per heavy atom. The van der Waals surface area contributed by atoms with Crippen molar-refractivity contribution in [2.75, 3.05) is 6.61 Å². The van der Waals surface area contributed by atoms with Crippen LogP contribution in [-0.2, 0) is 11.3 Å². The molecule has 2 rings (SSSR count). The average molecular weight is 187 g/mol. The van der Waals surface area contributed by atoms with Crippen molar-refractivity contribution < 1.29 is 4.74 Å². The van der Waals surface area contributed by atoms with Gasteiger partial charge in [-0.2, -0.15) is 0 Å². The summed E-state index contributed by atoms with van der Waals surface area (Å²) in [6.07, 6.45) is 1.83. The highest BCUT2D eigenvalue weighted by molar-refractivity contribution is 5.84. The molecule has 0 bridgehead atoms. The molecule has 0 amide bonds. The minimum Gasteiger partial charge on any atom is -0.375 e. The zero-order valence-corrected chi connectivity index (χ0v) is 8.23. The Bertz CT molecular complexity index is 420. The van der Waals surface area contributed by atoms with E-state index in [9.17, 15) is 0 Å². The van der Waals surface area contributed by atoms with Crippen LogP contribution >= 0.6 is 0 Å². The van der Waals surface area contributed by atoms with Gasteiger partial charge in [0.2, 0.25) is 0 Å². The second-order valence-corrected chi connectivity index (χ2v) is 3.12. The van der Waals surface area contributed by atoms with Gasteiger partial charge in [0.25, 0.3) is 0 Å². The summed E-state index contributed by atoms with van der Waals surface area (Å²) >= 11 is 0. The number of benzene rings is 1. The van der Waals surface area contributed by atoms with E-state index in [1.165, 1.54) is 10.8 Å². The molecule has 1 aromatic heterocycles. The molecular formula is C12H13NO. The predicted octanol–water partition coefficient (Wildman–Crippen LogP) is 2.77. The molecule has 2 aromatic rings. The Hall–Kier alpha value is -1.41. The minimum absolute atomic E-state index is 0.595. The first-order valence-corrected chi connectivity index (χ1v) is 4.82. The zero-order chi connectivity index (χ0) is 9.80. The van der Waals surface area contributed by atoms with Crippen LogP contribution in [0.15, 0.2) is 36.5 Å². The van der Waals surface area contributed by atoms with Crippen LogP contribution in [-0.4, -0.2) is 11.6 Å². The van der Waals surface area contributed by atoms with E-state index in [-0.39, 0.29) is 0 Å². The monoisotopic (exact) mass is 187 g/mol. The van der Waals surface area contributed by atoms with E-state index >= 15 is 0 Å². The number of rotatable bonds is 3. The third-order valence-corrected chi connectivity index (χ3v) is 2.20. The van der Waals surface area contributed by atoms with Crippen molar-refractivity contribution >= 4 is 10.8 Å². The third kappa shape index (κ3) is 1.75. The lowest BCUT2D eigenvalue weighted by molar-refractivity contribution is 0.132. The molecule has 2 heteroatoms. The molecule has 1 aromatic carbocycles. The molecule has 0 fully saturated rings. The van der Waals surface area contributed by atoms with Crippen LogP contribution in [0.25, 0.3) is 10.8 Å². The Morgan fingerprint density at radius 2 is 2.07 bits per heavy atom. The Kier molecular flexibility index (Phi) is 2.75. The fraction of sp³-hybridized carbons (Fsp3) is 0.250. The topological polar surface area (TPSA) is 22.1 Å². The second kappa shape index (κ2) is 4.20. The van der Waals surface area contributed by atoms with Gasteiger partial charge in [0.15, 0.2) is 0 Å². The van der Waals surface area contributed by atoms with Crippen LogP contribution in [0, 0.1) is 0 Å². The summed E-state index contributed by atoms with van der Waals surface area (Å²) in [6, 6.07) is 10.3. The van der Waals surface area contributed by atoms with Crippen LogP contribution in [0.5, 0.6) is 0 Å². The molecule has 0 radical (unpaired) electrons. The smallest absolute Gasteiger partial charge is 0.0894 e. The van der Waals surface area contributed by atoms with Crippen LogP contribution in [0.2, 0.25) is 0 Å². The number of aromatic nitrogens is 1. The second-order valence-electron chi connectivity index (χ2n) is 3.12. The Balaban J connectivity index is 2.43. The zero-order valence-electron chi connectivity index (χ0n) is 8.23. The van der Waals surface area contributed by atoms with Gasteiger partial charge in [-0.1, -0.05) is 24.3 Å². The van der Waals surface area contributed by atoms with Gasteiger partial charge in [0.1, 0.15) is 0 Å². The van der Waals surface area contributed by atoms with Crippen molar-refractivity contribution in [2.24, 2.45) is 0 Å². The summed E-state index contributed by atoms with van der Waals surface area (Å²) in [6.45, 7) is 3.31. The van der Waals surface area contributed by atoms with E-state index in [1.807, 2.05) is 31.3 Å². The highest BCUT2D eigenvalue weighted by Gasteiger charge is 2.00. The van der Waals surface area contributed by atoms with E-state index in [0.29, 0.717) is 6.61 Å². The van der Waals surface area contributed by atoms with Crippen molar-refractivity contribution in [1.29, 1.82) is 0 Å². The standard InChI is InChI=1S/C12H13NO/c1-2-14-9-12-11-6-4-3-5-10(11)7-8-13-12/h3-8H,2,9H2,1H3. The molecule has 72 valence electrons. The normalized spacial score (nSPS) is 10.6. The fourth-order valence-corrected chi connectivity index (χ4v) is 1.50. The molecule has 0 unspecified atom stereocenters. The van der Waals surface area contributed by atoms with Gasteiger partial charge < -0.3 is 4.74 Å². The first kappa shape index (κ1) is 9.16. The van der Waals surface area contributed by atoms with E-state index in [2.05, 4.69) is 17.1 Å². The summed E-state index contributed by atoms with van der Waals surface area (Å²) in [5.74, 6) is 0. The summed E-state index contributed by atoms with van der Waals surface area (Å²) in [5, 5.41) is 2.40. The van der Waals surface area contributed by atoms with Gasteiger partial charge in [0.05, 0.1) is 12.3 Å².